The highest BCUT2D eigenvalue weighted by Gasteiger charge is 2.77. The Morgan fingerprint density at radius 3 is 2.48 bits per heavy atom. The van der Waals surface area contributed by atoms with Crippen LogP contribution in [0.1, 0.15) is 109 Å². The van der Waals surface area contributed by atoms with Gasteiger partial charge < -0.3 is 38.8 Å². The maximum absolute atomic E-state index is 18.0. The molecule has 1 unspecified atom stereocenters. The van der Waals surface area contributed by atoms with Crippen molar-refractivity contribution in [3.8, 4) is 5.75 Å². The Balaban J connectivity index is 1.02. The number of carbonyl (C=O) groups excluding carboxylic acids is 5. The van der Waals surface area contributed by atoms with E-state index in [9.17, 15) is 33.9 Å². The van der Waals surface area contributed by atoms with E-state index in [0.29, 0.717) is 37.1 Å². The van der Waals surface area contributed by atoms with Gasteiger partial charge in [-0.05, 0) is 82.9 Å². The standard InChI is InChI=1S/C49H61F2N3O11/c1-26(2)44(60)64-25-38(57)49(27(3)19-35-34-13-10-29-20-31(55)14-15-46(29,5)48(34,51)37(56)22-47(35,49)6)65-39(58)9-8-18-63-45(61)33-24-54(30-11-12-30)40-32(42(33)59)21-36(50)41(43(40)62-7)53-17-16-52-28(4)23-53/h14-15,20-21,24,26-28,30,34-35,37,52,56H,8-13,16-19,22-23,25H2,1-7H3/t27-,28?,34-,35-,37-,46-,47-,48-,49-/m1/s1. The Morgan fingerprint density at radius 2 is 1.80 bits per heavy atom. The van der Waals surface area contributed by atoms with Crippen molar-refractivity contribution in [2.45, 2.75) is 122 Å². The Kier molecular flexibility index (Phi) is 12.2. The number of aliphatic hydroxyl groups excluding tert-OH is 1. The van der Waals surface area contributed by atoms with Crippen molar-refractivity contribution < 1.29 is 56.8 Å². The number of benzene rings is 1. The first-order valence-corrected chi connectivity index (χ1v) is 23.1. The molecule has 2 N–H and O–H groups in total. The van der Waals surface area contributed by atoms with Crippen LogP contribution in [-0.4, -0.2) is 103 Å². The second-order valence-corrected chi connectivity index (χ2v) is 20.0. The Hall–Kier alpha value is -4.96. The number of carbonyl (C=O) groups is 5. The molecule has 0 spiro atoms. The van der Waals surface area contributed by atoms with Crippen molar-refractivity contribution in [3.05, 3.63) is 57.7 Å². The fourth-order valence-corrected chi connectivity index (χ4v) is 12.4. The van der Waals surface area contributed by atoms with Crippen molar-refractivity contribution in [1.82, 2.24) is 9.88 Å². The summed E-state index contributed by atoms with van der Waals surface area (Å²) in [4.78, 5) is 83.0. The molecule has 5 fully saturated rings. The third-order valence-electron chi connectivity index (χ3n) is 15.7. The number of nitrogens with zero attached hydrogens (tertiary/aromatic N) is 2. The topological polar surface area (TPSA) is 180 Å². The second kappa shape index (κ2) is 17.0. The minimum atomic E-state index is -2.20. The third kappa shape index (κ3) is 7.41. The summed E-state index contributed by atoms with van der Waals surface area (Å²) in [5.74, 6) is -6.34. The van der Waals surface area contributed by atoms with Crippen molar-refractivity contribution >= 4 is 46.1 Å². The van der Waals surface area contributed by atoms with Crippen LogP contribution in [0.3, 0.4) is 0 Å². The van der Waals surface area contributed by atoms with Gasteiger partial charge in [0.2, 0.25) is 11.2 Å². The number of aliphatic hydroxyl groups is 1. The normalized spacial score (nSPS) is 32.9. The van der Waals surface area contributed by atoms with Gasteiger partial charge in [-0.15, -0.1) is 0 Å². The number of nitrogens with one attached hydrogen (secondary N) is 1. The van der Waals surface area contributed by atoms with Gasteiger partial charge in [-0.2, -0.15) is 0 Å². The summed E-state index contributed by atoms with van der Waals surface area (Å²) in [5.41, 5.74) is -6.49. The molecule has 1 aromatic heterocycles. The number of anilines is 1. The first kappa shape index (κ1) is 46.6. The lowest BCUT2D eigenvalue weighted by atomic mass is 9.44. The molecule has 9 atom stereocenters. The largest absolute Gasteiger partial charge is 0.492 e. The molecule has 352 valence electrons. The van der Waals surface area contributed by atoms with E-state index in [0.717, 1.165) is 18.9 Å². The lowest BCUT2D eigenvalue weighted by molar-refractivity contribution is -0.228. The summed E-state index contributed by atoms with van der Waals surface area (Å²) in [6, 6.07) is 1.20. The molecule has 65 heavy (non-hydrogen) atoms. The molecule has 5 aliphatic carbocycles. The number of alkyl halides is 1. The summed E-state index contributed by atoms with van der Waals surface area (Å²) >= 11 is 0. The summed E-state index contributed by atoms with van der Waals surface area (Å²) in [5, 5.41) is 15.3. The number of aromatic nitrogens is 1. The van der Waals surface area contributed by atoms with Crippen LogP contribution in [-0.2, 0) is 33.4 Å². The van der Waals surface area contributed by atoms with Crippen LogP contribution in [0.5, 0.6) is 5.75 Å². The van der Waals surface area contributed by atoms with Gasteiger partial charge in [-0.3, -0.25) is 24.0 Å². The molecular formula is C49H61F2N3O11. The predicted octanol–water partition coefficient (Wildman–Crippen LogP) is 5.89. The molecule has 16 heteroatoms. The fraction of sp³-hybridized carbons (Fsp3) is 0.633. The van der Waals surface area contributed by atoms with Crippen LogP contribution in [0, 0.1) is 40.3 Å². The van der Waals surface area contributed by atoms with E-state index in [2.05, 4.69) is 5.32 Å². The number of ether oxygens (including phenoxy) is 4. The van der Waals surface area contributed by atoms with E-state index in [1.165, 1.54) is 25.5 Å². The molecule has 8 rings (SSSR count). The van der Waals surface area contributed by atoms with E-state index in [1.54, 1.807) is 45.3 Å². The van der Waals surface area contributed by atoms with Crippen LogP contribution in [0.15, 0.2) is 40.9 Å². The highest BCUT2D eigenvalue weighted by atomic mass is 19.1. The minimum absolute atomic E-state index is 0.0230. The Morgan fingerprint density at radius 1 is 1.06 bits per heavy atom. The van der Waals surface area contributed by atoms with Gasteiger partial charge in [-0.1, -0.05) is 39.3 Å². The molecule has 1 aliphatic heterocycles. The first-order valence-electron chi connectivity index (χ1n) is 23.1. The number of esters is 3. The number of rotatable bonds is 13. The highest BCUT2D eigenvalue weighted by Crippen LogP contribution is 2.71. The lowest BCUT2D eigenvalue weighted by Crippen LogP contribution is -2.70. The zero-order chi connectivity index (χ0) is 47.0. The average molecular weight is 906 g/mol. The van der Waals surface area contributed by atoms with E-state index in [1.807, 2.05) is 11.8 Å². The first-order chi connectivity index (χ1) is 30.7. The maximum atomic E-state index is 18.0. The summed E-state index contributed by atoms with van der Waals surface area (Å²) in [6.07, 6.45) is 5.99. The summed E-state index contributed by atoms with van der Waals surface area (Å²) in [7, 11) is 1.43. The van der Waals surface area contributed by atoms with E-state index < -0.39 is 93.4 Å². The highest BCUT2D eigenvalue weighted by molar-refractivity contribution is 6.01. The van der Waals surface area contributed by atoms with Crippen LogP contribution in [0.4, 0.5) is 14.5 Å². The molecule has 4 saturated carbocycles. The predicted molar refractivity (Wildman–Crippen MR) is 235 cm³/mol. The number of pyridine rings is 1. The molecule has 0 amide bonds. The Bertz CT molecular complexity index is 2450. The molecular weight excluding hydrogens is 845 g/mol. The number of allylic oxidation sites excluding steroid dienone is 4. The summed E-state index contributed by atoms with van der Waals surface area (Å²) < 4.78 is 58.8. The van der Waals surface area contributed by atoms with Gasteiger partial charge in [0.25, 0.3) is 0 Å². The van der Waals surface area contributed by atoms with Gasteiger partial charge in [-0.25, -0.2) is 13.6 Å². The number of Topliss-reactive ketones (excluding diaryl/α,β-unsaturated/α-hetero) is 1. The monoisotopic (exact) mass is 905 g/mol. The number of halogens is 2. The molecule has 14 nitrogen and oxygen atoms in total. The third-order valence-corrected chi connectivity index (χ3v) is 15.7. The average Bonchev–Trinajstić information content (AvgIpc) is 4.08. The second-order valence-electron chi connectivity index (χ2n) is 20.0. The minimum Gasteiger partial charge on any atom is -0.492 e. The number of fused-ring (bicyclic) bond motifs is 6. The fourth-order valence-electron chi connectivity index (χ4n) is 12.4. The molecule has 0 radical (unpaired) electrons. The van der Waals surface area contributed by atoms with Gasteiger partial charge in [0.15, 0.2) is 35.2 Å². The van der Waals surface area contributed by atoms with Crippen molar-refractivity contribution in [1.29, 1.82) is 0 Å². The van der Waals surface area contributed by atoms with Gasteiger partial charge in [0.05, 0.1) is 36.6 Å². The van der Waals surface area contributed by atoms with E-state index >= 15 is 8.78 Å². The number of hydrogen-bond acceptors (Lipinski definition) is 13. The quantitative estimate of drug-likeness (QED) is 0.138. The van der Waals surface area contributed by atoms with Crippen LogP contribution in [0.2, 0.25) is 0 Å². The molecule has 6 aliphatic rings. The molecule has 0 bridgehead atoms. The van der Waals surface area contributed by atoms with Gasteiger partial charge in [0, 0.05) is 67.0 Å². The molecule has 2 aromatic rings. The van der Waals surface area contributed by atoms with E-state index in [4.69, 9.17) is 18.9 Å². The van der Waals surface area contributed by atoms with Crippen molar-refractivity contribution in [3.63, 3.8) is 0 Å². The van der Waals surface area contributed by atoms with Gasteiger partial charge in [0.1, 0.15) is 11.3 Å². The number of methoxy groups -OCH3 is 1. The number of hydrogen-bond donors (Lipinski definition) is 2. The van der Waals surface area contributed by atoms with Crippen LogP contribution in [0.25, 0.3) is 10.9 Å². The Labute approximate surface area is 377 Å². The summed E-state index contributed by atoms with van der Waals surface area (Å²) in [6.45, 7) is 11.1. The number of piperazine rings is 1. The van der Waals surface area contributed by atoms with Crippen molar-refractivity contribution in [2.24, 2.45) is 34.5 Å². The van der Waals surface area contributed by atoms with Crippen molar-refractivity contribution in [2.75, 3.05) is 44.9 Å². The number of ketones is 2. The maximum Gasteiger partial charge on any atom is 0.343 e. The lowest BCUT2D eigenvalue weighted by Gasteiger charge is -2.62. The molecule has 1 aromatic carbocycles. The van der Waals surface area contributed by atoms with Gasteiger partial charge >= 0.3 is 17.9 Å². The zero-order valence-corrected chi connectivity index (χ0v) is 38.3. The SMILES string of the molecule is COc1c(N2CCNC(C)C2)c(F)cc2c(=O)c(C(=O)OCCCC(=O)O[C@@]3(C(=O)COC(=O)C(C)C)[C@H](C)C[C@@H]4[C@H]5CCC6=CC(=O)C=C[C@@]6(C)[C@]5(F)[C@H](O)C[C@]43C)cn(C3CC3)c12. The van der Waals surface area contributed by atoms with Crippen LogP contribution < -0.4 is 20.4 Å². The molecule has 2 heterocycles. The molecule has 1 saturated heterocycles. The van der Waals surface area contributed by atoms with E-state index in [-0.39, 0.29) is 79.0 Å². The smallest absolute Gasteiger partial charge is 0.343 e. The van der Waals surface area contributed by atoms with Crippen LogP contribution >= 0.6 is 0 Å². The zero-order valence-electron chi connectivity index (χ0n) is 38.3.